The fraction of sp³-hybridized carbons (Fsp3) is 0.312. The average Bonchev–Trinajstić information content (AvgIpc) is 3.26. The van der Waals surface area contributed by atoms with Crippen molar-refractivity contribution in [3.8, 4) is 11.5 Å². The fourth-order valence-electron chi connectivity index (χ4n) is 2.81. The summed E-state index contributed by atoms with van der Waals surface area (Å²) in [6, 6.07) is 5.34. The van der Waals surface area contributed by atoms with Gasteiger partial charge in [-0.05, 0) is 19.1 Å². The predicted molar refractivity (Wildman–Crippen MR) is 88.5 cm³/mol. The maximum absolute atomic E-state index is 12.4. The molecule has 2 amide bonds. The van der Waals surface area contributed by atoms with Gasteiger partial charge in [0.15, 0.2) is 16.6 Å². The minimum Gasteiger partial charge on any atom is -0.454 e. The number of anilines is 2. The monoisotopic (exact) mass is 345 g/mol. The second-order valence-electron chi connectivity index (χ2n) is 5.71. The van der Waals surface area contributed by atoms with Crippen molar-refractivity contribution in [2.45, 2.75) is 13.3 Å². The van der Waals surface area contributed by atoms with E-state index in [2.05, 4.69) is 10.3 Å². The van der Waals surface area contributed by atoms with Crippen molar-refractivity contribution in [2.75, 3.05) is 23.6 Å². The highest BCUT2D eigenvalue weighted by Gasteiger charge is 2.36. The van der Waals surface area contributed by atoms with Crippen LogP contribution in [0.5, 0.6) is 11.5 Å². The quantitative estimate of drug-likeness (QED) is 0.922. The van der Waals surface area contributed by atoms with Crippen molar-refractivity contribution in [1.82, 2.24) is 4.98 Å². The first-order chi connectivity index (χ1) is 11.6. The number of carbonyl (C=O) groups is 2. The van der Waals surface area contributed by atoms with Crippen LogP contribution >= 0.6 is 11.3 Å². The molecule has 24 heavy (non-hydrogen) atoms. The van der Waals surface area contributed by atoms with Crippen LogP contribution < -0.4 is 19.7 Å². The van der Waals surface area contributed by atoms with Gasteiger partial charge in [0, 0.05) is 35.8 Å². The lowest BCUT2D eigenvalue weighted by Gasteiger charge is -2.17. The number of benzene rings is 1. The number of nitrogens with one attached hydrogen (secondary N) is 1. The van der Waals surface area contributed by atoms with Crippen LogP contribution in [-0.2, 0) is 9.59 Å². The van der Waals surface area contributed by atoms with Crippen molar-refractivity contribution in [1.29, 1.82) is 0 Å². The molecule has 1 fully saturated rings. The zero-order valence-electron chi connectivity index (χ0n) is 12.9. The number of aromatic nitrogens is 1. The number of thiazole rings is 1. The summed E-state index contributed by atoms with van der Waals surface area (Å²) in [5.41, 5.74) is 0.713. The molecule has 1 atom stereocenters. The Kier molecular flexibility index (Phi) is 3.61. The number of fused-ring (bicyclic) bond motifs is 1. The van der Waals surface area contributed by atoms with Crippen LogP contribution in [0.4, 0.5) is 10.8 Å². The standard InChI is InChI=1S/C16H15N3O4S/c1-9-6-17-16(24-9)18-15(21)10-4-14(20)19(7-10)11-2-3-12-13(5-11)23-8-22-12/h2-3,5-6,10H,4,7-8H2,1H3,(H,17,18,21)/t10-/m1/s1. The van der Waals surface area contributed by atoms with E-state index >= 15 is 0 Å². The van der Waals surface area contributed by atoms with Crippen LogP contribution in [0.15, 0.2) is 24.4 Å². The van der Waals surface area contributed by atoms with E-state index in [1.807, 2.05) is 6.92 Å². The minimum absolute atomic E-state index is 0.0793. The Hall–Kier alpha value is -2.61. The lowest BCUT2D eigenvalue weighted by Crippen LogP contribution is -2.28. The van der Waals surface area contributed by atoms with Gasteiger partial charge in [-0.2, -0.15) is 0 Å². The molecule has 0 bridgehead atoms. The van der Waals surface area contributed by atoms with Gasteiger partial charge in [-0.3, -0.25) is 9.59 Å². The molecule has 124 valence electrons. The lowest BCUT2D eigenvalue weighted by atomic mass is 10.1. The summed E-state index contributed by atoms with van der Waals surface area (Å²) >= 11 is 1.41. The predicted octanol–water partition coefficient (Wildman–Crippen LogP) is 2.17. The number of rotatable bonds is 3. The molecule has 0 unspecified atom stereocenters. The number of hydrogen-bond donors (Lipinski definition) is 1. The highest BCUT2D eigenvalue weighted by molar-refractivity contribution is 7.15. The largest absolute Gasteiger partial charge is 0.454 e. The van der Waals surface area contributed by atoms with Gasteiger partial charge in [-0.25, -0.2) is 4.98 Å². The summed E-state index contributed by atoms with van der Waals surface area (Å²) in [6.07, 6.45) is 1.89. The van der Waals surface area contributed by atoms with Gasteiger partial charge >= 0.3 is 0 Å². The molecular weight excluding hydrogens is 330 g/mol. The van der Waals surface area contributed by atoms with Crippen LogP contribution in [0.25, 0.3) is 0 Å². The maximum Gasteiger partial charge on any atom is 0.231 e. The van der Waals surface area contributed by atoms with E-state index in [0.717, 1.165) is 4.88 Å². The number of nitrogens with zero attached hydrogens (tertiary/aromatic N) is 2. The maximum atomic E-state index is 12.4. The Morgan fingerprint density at radius 1 is 1.38 bits per heavy atom. The molecule has 2 aliphatic heterocycles. The van der Waals surface area contributed by atoms with E-state index in [-0.39, 0.29) is 25.0 Å². The Morgan fingerprint density at radius 3 is 3.00 bits per heavy atom. The summed E-state index contributed by atoms with van der Waals surface area (Å²) in [5, 5.41) is 3.35. The van der Waals surface area contributed by atoms with Crippen molar-refractivity contribution in [3.63, 3.8) is 0 Å². The lowest BCUT2D eigenvalue weighted by molar-refractivity contribution is -0.122. The first-order valence-corrected chi connectivity index (χ1v) is 8.35. The topological polar surface area (TPSA) is 80.8 Å². The van der Waals surface area contributed by atoms with E-state index in [9.17, 15) is 9.59 Å². The molecular formula is C16H15N3O4S. The molecule has 0 saturated carbocycles. The minimum atomic E-state index is -0.396. The Bertz CT molecular complexity index is 819. The van der Waals surface area contributed by atoms with E-state index in [4.69, 9.17) is 9.47 Å². The zero-order valence-corrected chi connectivity index (χ0v) is 13.8. The fourth-order valence-corrected chi connectivity index (χ4v) is 3.47. The Morgan fingerprint density at radius 2 is 2.21 bits per heavy atom. The van der Waals surface area contributed by atoms with Crippen molar-refractivity contribution in [3.05, 3.63) is 29.3 Å². The van der Waals surface area contributed by atoms with Gasteiger partial charge in [-0.15, -0.1) is 11.3 Å². The van der Waals surface area contributed by atoms with Crippen LogP contribution in [0.1, 0.15) is 11.3 Å². The third-order valence-electron chi connectivity index (χ3n) is 4.02. The summed E-state index contributed by atoms with van der Waals surface area (Å²) in [7, 11) is 0. The third-order valence-corrected chi connectivity index (χ3v) is 4.84. The third kappa shape index (κ3) is 2.69. The van der Waals surface area contributed by atoms with Crippen LogP contribution in [0, 0.1) is 12.8 Å². The molecule has 1 aromatic carbocycles. The first-order valence-electron chi connectivity index (χ1n) is 7.53. The average molecular weight is 345 g/mol. The number of ether oxygens (including phenoxy) is 2. The number of carbonyl (C=O) groups excluding carboxylic acids is 2. The van der Waals surface area contributed by atoms with E-state index in [1.165, 1.54) is 11.3 Å². The van der Waals surface area contributed by atoms with Gasteiger partial charge in [0.2, 0.25) is 18.6 Å². The highest BCUT2D eigenvalue weighted by atomic mass is 32.1. The van der Waals surface area contributed by atoms with Gasteiger partial charge in [-0.1, -0.05) is 0 Å². The molecule has 2 aliphatic rings. The summed E-state index contributed by atoms with van der Waals surface area (Å²) in [4.78, 5) is 31.4. The van der Waals surface area contributed by atoms with Gasteiger partial charge in [0.1, 0.15) is 0 Å². The highest BCUT2D eigenvalue weighted by Crippen LogP contribution is 2.37. The molecule has 2 aromatic rings. The van der Waals surface area contributed by atoms with Crippen LogP contribution in [0.3, 0.4) is 0 Å². The number of hydrogen-bond acceptors (Lipinski definition) is 6. The molecule has 3 heterocycles. The SMILES string of the molecule is Cc1cnc(NC(=O)[C@@H]2CC(=O)N(c3ccc4c(c3)OCO4)C2)s1. The van der Waals surface area contributed by atoms with E-state index < -0.39 is 5.92 Å². The molecule has 0 spiro atoms. The molecule has 0 aliphatic carbocycles. The second kappa shape index (κ2) is 5.79. The van der Waals surface area contributed by atoms with Gasteiger partial charge in [0.25, 0.3) is 0 Å². The van der Waals surface area contributed by atoms with E-state index in [1.54, 1.807) is 29.3 Å². The van der Waals surface area contributed by atoms with Crippen LogP contribution in [-0.4, -0.2) is 30.1 Å². The van der Waals surface area contributed by atoms with Crippen molar-refractivity contribution in [2.24, 2.45) is 5.92 Å². The smallest absolute Gasteiger partial charge is 0.231 e. The Balaban J connectivity index is 1.47. The van der Waals surface area contributed by atoms with Gasteiger partial charge in [0.05, 0.1) is 5.92 Å². The number of amides is 2. The molecule has 7 nitrogen and oxygen atoms in total. The molecule has 1 N–H and O–H groups in total. The first kappa shape index (κ1) is 14.9. The molecule has 8 heteroatoms. The van der Waals surface area contributed by atoms with E-state index in [0.29, 0.717) is 28.9 Å². The summed E-state index contributed by atoms with van der Waals surface area (Å²) in [6.45, 7) is 2.45. The Labute approximate surface area is 142 Å². The molecule has 1 aromatic heterocycles. The summed E-state index contributed by atoms with van der Waals surface area (Å²) < 4.78 is 10.6. The van der Waals surface area contributed by atoms with Crippen LogP contribution in [0.2, 0.25) is 0 Å². The second-order valence-corrected chi connectivity index (χ2v) is 6.94. The summed E-state index contributed by atoms with van der Waals surface area (Å²) in [5.74, 6) is 0.627. The number of aryl methyl sites for hydroxylation is 1. The molecule has 0 radical (unpaired) electrons. The van der Waals surface area contributed by atoms with Crippen molar-refractivity contribution < 1.29 is 19.1 Å². The normalized spacial score (nSPS) is 19.0. The zero-order chi connectivity index (χ0) is 16.7. The van der Waals surface area contributed by atoms with Crippen molar-refractivity contribution >= 4 is 34.0 Å². The van der Waals surface area contributed by atoms with Gasteiger partial charge < -0.3 is 19.7 Å². The molecule has 1 saturated heterocycles. The molecule has 4 rings (SSSR count).